The van der Waals surface area contributed by atoms with Gasteiger partial charge in [-0.25, -0.2) is 0 Å². The summed E-state index contributed by atoms with van der Waals surface area (Å²) in [6.45, 7) is 10.6. The van der Waals surface area contributed by atoms with E-state index < -0.39 is 0 Å². The second-order valence-corrected chi connectivity index (χ2v) is 9.24. The molecule has 0 saturated heterocycles. The monoisotopic (exact) mass is 393 g/mol. The summed E-state index contributed by atoms with van der Waals surface area (Å²) in [7, 11) is 1.63. The smallest absolute Gasteiger partial charge is 0.244 e. The second kappa shape index (κ2) is 7.94. The molecule has 154 valence electrons. The van der Waals surface area contributed by atoms with Gasteiger partial charge in [-0.1, -0.05) is 45.0 Å². The molecule has 29 heavy (non-hydrogen) atoms. The average molecular weight is 394 g/mol. The lowest BCUT2D eigenvalue weighted by molar-refractivity contribution is -0.117. The summed E-state index contributed by atoms with van der Waals surface area (Å²) >= 11 is 0. The number of benzene rings is 2. The standard InChI is InChI=1S/C25H31NO3/c1-24(2,3)18-10-7-17(8-11-18)9-14-23(27)26-21-16-25(4,5)29-22-15-19(28-6)12-13-20(21)22/h7-15,21H,16H2,1-6H3,(H,26,27)/b14-9+. The Balaban J connectivity index is 1.72. The van der Waals surface area contributed by atoms with Gasteiger partial charge in [-0.05, 0) is 48.6 Å². The fourth-order valence-electron chi connectivity index (χ4n) is 3.57. The van der Waals surface area contributed by atoms with Crippen LogP contribution in [0, 0.1) is 0 Å². The maximum atomic E-state index is 12.6. The second-order valence-electron chi connectivity index (χ2n) is 9.24. The molecule has 0 aromatic heterocycles. The third-order valence-corrected chi connectivity index (χ3v) is 5.20. The van der Waals surface area contributed by atoms with Crippen LogP contribution in [0.2, 0.25) is 0 Å². The number of carbonyl (C=O) groups excluding carboxylic acids is 1. The van der Waals surface area contributed by atoms with Crippen molar-refractivity contribution < 1.29 is 14.3 Å². The van der Waals surface area contributed by atoms with Crippen LogP contribution in [-0.4, -0.2) is 18.6 Å². The van der Waals surface area contributed by atoms with E-state index in [2.05, 4.69) is 38.2 Å². The molecule has 0 spiro atoms. The van der Waals surface area contributed by atoms with Crippen LogP contribution in [-0.2, 0) is 10.2 Å². The van der Waals surface area contributed by atoms with Gasteiger partial charge in [-0.15, -0.1) is 0 Å². The molecule has 1 heterocycles. The third kappa shape index (κ3) is 5.20. The molecule has 1 N–H and O–H groups in total. The molecule has 1 aliphatic rings. The molecule has 1 atom stereocenters. The quantitative estimate of drug-likeness (QED) is 0.705. The number of nitrogens with one attached hydrogen (secondary N) is 1. The van der Waals surface area contributed by atoms with Crippen LogP contribution in [0.5, 0.6) is 11.5 Å². The topological polar surface area (TPSA) is 47.6 Å². The van der Waals surface area contributed by atoms with Crippen molar-refractivity contribution in [2.45, 2.75) is 58.1 Å². The van der Waals surface area contributed by atoms with Crippen molar-refractivity contribution in [3.05, 3.63) is 65.2 Å². The van der Waals surface area contributed by atoms with Crippen molar-refractivity contribution in [3.63, 3.8) is 0 Å². The van der Waals surface area contributed by atoms with Crippen LogP contribution in [0.3, 0.4) is 0 Å². The molecular weight excluding hydrogens is 362 g/mol. The number of rotatable bonds is 4. The van der Waals surface area contributed by atoms with Crippen LogP contribution >= 0.6 is 0 Å². The SMILES string of the molecule is COc1ccc2c(c1)OC(C)(C)CC2NC(=O)/C=C/c1ccc(C(C)(C)C)cc1. The van der Waals surface area contributed by atoms with Gasteiger partial charge in [-0.2, -0.15) is 0 Å². The number of fused-ring (bicyclic) bond motifs is 1. The Labute approximate surface area is 173 Å². The number of hydrogen-bond donors (Lipinski definition) is 1. The van der Waals surface area contributed by atoms with E-state index in [1.165, 1.54) is 5.56 Å². The van der Waals surface area contributed by atoms with Gasteiger partial charge < -0.3 is 14.8 Å². The number of hydrogen-bond acceptors (Lipinski definition) is 3. The molecule has 4 heteroatoms. The van der Waals surface area contributed by atoms with Crippen molar-refractivity contribution in [2.75, 3.05) is 7.11 Å². The first-order chi connectivity index (χ1) is 13.6. The summed E-state index contributed by atoms with van der Waals surface area (Å²) in [5, 5.41) is 3.13. The summed E-state index contributed by atoms with van der Waals surface area (Å²) in [6.07, 6.45) is 4.14. The highest BCUT2D eigenvalue weighted by molar-refractivity contribution is 5.92. The molecule has 0 saturated carbocycles. The first-order valence-electron chi connectivity index (χ1n) is 10.0. The maximum Gasteiger partial charge on any atom is 0.244 e. The van der Waals surface area contributed by atoms with Gasteiger partial charge in [0.05, 0.1) is 13.2 Å². The third-order valence-electron chi connectivity index (χ3n) is 5.20. The molecule has 3 rings (SSSR count). The zero-order chi connectivity index (χ0) is 21.2. The fraction of sp³-hybridized carbons (Fsp3) is 0.400. The van der Waals surface area contributed by atoms with Crippen LogP contribution in [0.4, 0.5) is 0 Å². The van der Waals surface area contributed by atoms with Crippen LogP contribution in [0.1, 0.15) is 63.8 Å². The summed E-state index contributed by atoms with van der Waals surface area (Å²) in [5.74, 6) is 1.38. The number of methoxy groups -OCH3 is 1. The molecule has 2 aromatic rings. The van der Waals surface area contributed by atoms with Crippen molar-refractivity contribution in [3.8, 4) is 11.5 Å². The van der Waals surface area contributed by atoms with Gasteiger partial charge in [0.1, 0.15) is 17.1 Å². The lowest BCUT2D eigenvalue weighted by Crippen LogP contribution is -2.40. The largest absolute Gasteiger partial charge is 0.497 e. The summed E-state index contributed by atoms with van der Waals surface area (Å²) < 4.78 is 11.4. The summed E-state index contributed by atoms with van der Waals surface area (Å²) in [5.41, 5.74) is 3.00. The van der Waals surface area contributed by atoms with E-state index in [0.29, 0.717) is 6.42 Å². The van der Waals surface area contributed by atoms with E-state index >= 15 is 0 Å². The van der Waals surface area contributed by atoms with E-state index in [0.717, 1.165) is 22.6 Å². The van der Waals surface area contributed by atoms with E-state index in [4.69, 9.17) is 9.47 Å². The van der Waals surface area contributed by atoms with Crippen molar-refractivity contribution in [1.82, 2.24) is 5.32 Å². The Kier molecular flexibility index (Phi) is 5.74. The van der Waals surface area contributed by atoms with E-state index in [-0.39, 0.29) is 23.0 Å². The fourth-order valence-corrected chi connectivity index (χ4v) is 3.57. The first kappa shape index (κ1) is 21.0. The van der Waals surface area contributed by atoms with Crippen molar-refractivity contribution >= 4 is 12.0 Å². The molecular formula is C25H31NO3. The lowest BCUT2D eigenvalue weighted by Gasteiger charge is -2.37. The molecule has 1 amide bonds. The summed E-state index contributed by atoms with van der Waals surface area (Å²) in [6, 6.07) is 13.9. The Morgan fingerprint density at radius 2 is 1.86 bits per heavy atom. The zero-order valence-electron chi connectivity index (χ0n) is 18.2. The van der Waals surface area contributed by atoms with Gasteiger partial charge in [0.15, 0.2) is 0 Å². The molecule has 1 unspecified atom stereocenters. The highest BCUT2D eigenvalue weighted by Crippen LogP contribution is 2.41. The average Bonchev–Trinajstić information content (AvgIpc) is 2.64. The summed E-state index contributed by atoms with van der Waals surface area (Å²) in [4.78, 5) is 12.6. The predicted molar refractivity (Wildman–Crippen MR) is 117 cm³/mol. The highest BCUT2D eigenvalue weighted by atomic mass is 16.5. The Bertz CT molecular complexity index is 905. The van der Waals surface area contributed by atoms with E-state index in [9.17, 15) is 4.79 Å². The minimum atomic E-state index is -0.371. The zero-order valence-corrected chi connectivity index (χ0v) is 18.2. The van der Waals surface area contributed by atoms with E-state index in [1.54, 1.807) is 13.2 Å². The Morgan fingerprint density at radius 1 is 1.17 bits per heavy atom. The lowest BCUT2D eigenvalue weighted by atomic mass is 9.87. The molecule has 0 fully saturated rings. The van der Waals surface area contributed by atoms with Gasteiger partial charge in [0.25, 0.3) is 0 Å². The minimum absolute atomic E-state index is 0.111. The van der Waals surface area contributed by atoms with Crippen LogP contribution < -0.4 is 14.8 Å². The van der Waals surface area contributed by atoms with Crippen LogP contribution in [0.15, 0.2) is 48.5 Å². The number of ether oxygens (including phenoxy) is 2. The number of carbonyl (C=O) groups is 1. The Hall–Kier alpha value is -2.75. The predicted octanol–water partition coefficient (Wildman–Crippen LogP) is 5.42. The van der Waals surface area contributed by atoms with Gasteiger partial charge in [0, 0.05) is 24.1 Å². The number of amides is 1. The molecule has 0 aliphatic carbocycles. The minimum Gasteiger partial charge on any atom is -0.497 e. The van der Waals surface area contributed by atoms with Crippen molar-refractivity contribution in [2.24, 2.45) is 0 Å². The molecule has 0 radical (unpaired) electrons. The Morgan fingerprint density at radius 3 is 2.48 bits per heavy atom. The van der Waals surface area contributed by atoms with Crippen molar-refractivity contribution in [1.29, 1.82) is 0 Å². The van der Waals surface area contributed by atoms with Gasteiger partial charge >= 0.3 is 0 Å². The molecule has 1 aliphatic heterocycles. The first-order valence-corrected chi connectivity index (χ1v) is 10.0. The van der Waals surface area contributed by atoms with Gasteiger partial charge in [0.2, 0.25) is 5.91 Å². The van der Waals surface area contributed by atoms with E-state index in [1.807, 2.05) is 50.3 Å². The van der Waals surface area contributed by atoms with Gasteiger partial charge in [-0.3, -0.25) is 4.79 Å². The highest BCUT2D eigenvalue weighted by Gasteiger charge is 2.34. The normalized spacial score (nSPS) is 18.1. The molecule has 0 bridgehead atoms. The van der Waals surface area contributed by atoms with Crippen LogP contribution in [0.25, 0.3) is 6.08 Å². The maximum absolute atomic E-state index is 12.6. The molecule has 4 nitrogen and oxygen atoms in total. The molecule has 2 aromatic carbocycles.